The van der Waals surface area contributed by atoms with Crippen LogP contribution in [-0.4, -0.2) is 48.9 Å². The molecule has 2 aromatic carbocycles. The largest absolute Gasteiger partial charge is 0.496 e. The molecule has 0 bridgehead atoms. The van der Waals surface area contributed by atoms with Crippen LogP contribution in [0.25, 0.3) is 0 Å². The zero-order valence-electron chi connectivity index (χ0n) is 16.5. The number of amides is 2. The normalized spacial score (nSPS) is 14.2. The summed E-state index contributed by atoms with van der Waals surface area (Å²) in [4.78, 5) is 38.1. The molecule has 2 aromatic rings. The van der Waals surface area contributed by atoms with Crippen LogP contribution in [0.1, 0.15) is 40.5 Å². The number of hydrogen-bond acceptors (Lipinski definition) is 5. The van der Waals surface area contributed by atoms with Gasteiger partial charge in [0.05, 0.1) is 12.7 Å². The van der Waals surface area contributed by atoms with Gasteiger partial charge in [-0.15, -0.1) is 0 Å². The van der Waals surface area contributed by atoms with Crippen LogP contribution in [0.4, 0.5) is 0 Å². The van der Waals surface area contributed by atoms with Gasteiger partial charge in [-0.3, -0.25) is 14.4 Å². The minimum atomic E-state index is -0.429. The Kier molecular flexibility index (Phi) is 6.49. The Morgan fingerprint density at radius 3 is 2.45 bits per heavy atom. The number of piperidine rings is 1. The second kappa shape index (κ2) is 9.23. The van der Waals surface area contributed by atoms with Crippen LogP contribution in [0.3, 0.4) is 0 Å². The van der Waals surface area contributed by atoms with Crippen molar-refractivity contribution in [1.29, 1.82) is 0 Å². The van der Waals surface area contributed by atoms with Gasteiger partial charge in [0.2, 0.25) is 0 Å². The molecule has 1 fully saturated rings. The van der Waals surface area contributed by atoms with Crippen molar-refractivity contribution in [2.45, 2.75) is 25.8 Å². The number of nitrogens with zero attached hydrogens (tertiary/aromatic N) is 1. The molecule has 7 heteroatoms. The van der Waals surface area contributed by atoms with E-state index in [0.717, 1.165) is 0 Å². The molecule has 152 valence electrons. The number of benzene rings is 2. The molecular formula is C22H24N2O5. The third-order valence-electron chi connectivity index (χ3n) is 4.81. The minimum absolute atomic E-state index is 0.0103. The minimum Gasteiger partial charge on any atom is -0.496 e. The predicted octanol–water partition coefficient (Wildman–Crippen LogP) is 2.66. The molecule has 1 aliphatic rings. The quantitative estimate of drug-likeness (QED) is 0.620. The van der Waals surface area contributed by atoms with Gasteiger partial charge < -0.3 is 19.7 Å². The Bertz CT molecular complexity index is 904. The van der Waals surface area contributed by atoms with Crippen molar-refractivity contribution in [2.75, 3.05) is 20.2 Å². The highest BCUT2D eigenvalue weighted by molar-refractivity contribution is 5.97. The maximum Gasteiger partial charge on any atom is 0.308 e. The number of likely N-dealkylation sites (tertiary alicyclic amines) is 1. The van der Waals surface area contributed by atoms with E-state index in [-0.39, 0.29) is 17.9 Å². The Morgan fingerprint density at radius 1 is 1.03 bits per heavy atom. The van der Waals surface area contributed by atoms with Gasteiger partial charge in [-0.25, -0.2) is 0 Å². The summed E-state index contributed by atoms with van der Waals surface area (Å²) in [7, 11) is 1.53. The molecule has 0 saturated carbocycles. The lowest BCUT2D eigenvalue weighted by Gasteiger charge is -2.32. The van der Waals surface area contributed by atoms with E-state index in [9.17, 15) is 14.4 Å². The fourth-order valence-corrected chi connectivity index (χ4v) is 3.36. The van der Waals surface area contributed by atoms with Crippen LogP contribution < -0.4 is 14.8 Å². The van der Waals surface area contributed by atoms with E-state index < -0.39 is 5.97 Å². The summed E-state index contributed by atoms with van der Waals surface area (Å²) in [5, 5.41) is 3.03. The summed E-state index contributed by atoms with van der Waals surface area (Å²) in [5.41, 5.74) is 0.969. The van der Waals surface area contributed by atoms with Crippen molar-refractivity contribution >= 4 is 17.8 Å². The van der Waals surface area contributed by atoms with Crippen LogP contribution in [0.5, 0.6) is 11.5 Å². The topological polar surface area (TPSA) is 84.9 Å². The molecular weight excluding hydrogens is 372 g/mol. The van der Waals surface area contributed by atoms with Crippen molar-refractivity contribution in [1.82, 2.24) is 10.2 Å². The fraction of sp³-hybridized carbons (Fsp3) is 0.318. The molecule has 0 radical (unpaired) electrons. The first-order chi connectivity index (χ1) is 14.0. The Hall–Kier alpha value is -3.35. The first-order valence-corrected chi connectivity index (χ1v) is 9.49. The molecule has 0 aliphatic carbocycles. The second-order valence-corrected chi connectivity index (χ2v) is 6.86. The fourth-order valence-electron chi connectivity index (χ4n) is 3.36. The van der Waals surface area contributed by atoms with E-state index in [1.165, 1.54) is 14.0 Å². The van der Waals surface area contributed by atoms with Gasteiger partial charge in [-0.2, -0.15) is 0 Å². The molecule has 29 heavy (non-hydrogen) atoms. The van der Waals surface area contributed by atoms with Gasteiger partial charge >= 0.3 is 5.97 Å². The van der Waals surface area contributed by atoms with E-state index in [4.69, 9.17) is 9.47 Å². The molecule has 1 aliphatic heterocycles. The number of esters is 1. The number of methoxy groups -OCH3 is 1. The second-order valence-electron chi connectivity index (χ2n) is 6.86. The van der Waals surface area contributed by atoms with Gasteiger partial charge in [0, 0.05) is 31.6 Å². The lowest BCUT2D eigenvalue weighted by atomic mass is 10.0. The number of rotatable bonds is 5. The molecule has 3 rings (SSSR count). The Morgan fingerprint density at radius 2 is 1.76 bits per heavy atom. The van der Waals surface area contributed by atoms with Gasteiger partial charge in [-0.05, 0) is 43.2 Å². The third kappa shape index (κ3) is 5.13. The molecule has 2 amide bonds. The average molecular weight is 396 g/mol. The van der Waals surface area contributed by atoms with Gasteiger partial charge in [0.1, 0.15) is 11.5 Å². The Labute approximate surface area is 169 Å². The maximum absolute atomic E-state index is 12.8. The molecule has 0 aromatic heterocycles. The third-order valence-corrected chi connectivity index (χ3v) is 4.81. The van der Waals surface area contributed by atoms with Gasteiger partial charge in [-0.1, -0.05) is 18.2 Å². The van der Waals surface area contributed by atoms with Crippen LogP contribution in [0, 0.1) is 0 Å². The van der Waals surface area contributed by atoms with Gasteiger partial charge in [0.15, 0.2) is 0 Å². The number of carbonyl (C=O) groups excluding carboxylic acids is 3. The molecule has 0 spiro atoms. The summed E-state index contributed by atoms with van der Waals surface area (Å²) in [6, 6.07) is 13.7. The standard InChI is InChI=1S/C22H24N2O5/c1-15(25)29-18-7-5-6-16(14-18)22(27)24-12-10-17(11-13-24)23-21(26)19-8-3-4-9-20(19)28-2/h3-9,14,17H,10-13H2,1-2H3,(H,23,26). The lowest BCUT2D eigenvalue weighted by Crippen LogP contribution is -2.46. The smallest absolute Gasteiger partial charge is 0.308 e. The summed E-state index contributed by atoms with van der Waals surface area (Å²) >= 11 is 0. The van der Waals surface area contributed by atoms with E-state index in [1.807, 2.05) is 6.07 Å². The number of ether oxygens (including phenoxy) is 2. The van der Waals surface area contributed by atoms with Crippen LogP contribution >= 0.6 is 0 Å². The van der Waals surface area contributed by atoms with Crippen molar-refractivity contribution in [2.24, 2.45) is 0 Å². The maximum atomic E-state index is 12.8. The van der Waals surface area contributed by atoms with Crippen molar-refractivity contribution in [3.8, 4) is 11.5 Å². The predicted molar refractivity (Wildman–Crippen MR) is 107 cm³/mol. The lowest BCUT2D eigenvalue weighted by molar-refractivity contribution is -0.131. The van der Waals surface area contributed by atoms with Crippen LogP contribution in [-0.2, 0) is 4.79 Å². The molecule has 0 unspecified atom stereocenters. The zero-order valence-corrected chi connectivity index (χ0v) is 16.5. The van der Waals surface area contributed by atoms with Gasteiger partial charge in [0.25, 0.3) is 11.8 Å². The average Bonchev–Trinajstić information content (AvgIpc) is 2.73. The van der Waals surface area contributed by atoms with Crippen LogP contribution in [0.15, 0.2) is 48.5 Å². The van der Waals surface area contributed by atoms with Crippen molar-refractivity contribution < 1.29 is 23.9 Å². The summed E-state index contributed by atoms with van der Waals surface area (Å²) in [5.74, 6) is 0.156. The highest BCUT2D eigenvalue weighted by Gasteiger charge is 2.25. The summed E-state index contributed by atoms with van der Waals surface area (Å²) in [6.07, 6.45) is 1.33. The number of hydrogen-bond donors (Lipinski definition) is 1. The molecule has 1 saturated heterocycles. The highest BCUT2D eigenvalue weighted by atomic mass is 16.5. The number of para-hydroxylation sites is 1. The number of carbonyl (C=O) groups is 3. The number of nitrogens with one attached hydrogen (secondary N) is 1. The molecule has 0 atom stereocenters. The van der Waals surface area contributed by atoms with E-state index in [1.54, 1.807) is 47.4 Å². The van der Waals surface area contributed by atoms with E-state index in [0.29, 0.717) is 48.6 Å². The molecule has 1 N–H and O–H groups in total. The van der Waals surface area contributed by atoms with Crippen molar-refractivity contribution in [3.63, 3.8) is 0 Å². The Balaban J connectivity index is 1.57. The van der Waals surface area contributed by atoms with E-state index in [2.05, 4.69) is 5.32 Å². The first kappa shape index (κ1) is 20.4. The molecule has 1 heterocycles. The monoisotopic (exact) mass is 396 g/mol. The van der Waals surface area contributed by atoms with E-state index >= 15 is 0 Å². The molecule has 7 nitrogen and oxygen atoms in total. The zero-order chi connectivity index (χ0) is 20.8. The summed E-state index contributed by atoms with van der Waals surface area (Å²) in [6.45, 7) is 2.39. The summed E-state index contributed by atoms with van der Waals surface area (Å²) < 4.78 is 10.3. The van der Waals surface area contributed by atoms with Crippen molar-refractivity contribution in [3.05, 3.63) is 59.7 Å². The SMILES string of the molecule is COc1ccccc1C(=O)NC1CCN(C(=O)c2cccc(OC(C)=O)c2)CC1. The first-order valence-electron chi connectivity index (χ1n) is 9.49. The van der Waals surface area contributed by atoms with Crippen LogP contribution in [0.2, 0.25) is 0 Å². The highest BCUT2D eigenvalue weighted by Crippen LogP contribution is 2.20.